The number of rotatable bonds is 4. The fraction of sp³-hybridized carbons (Fsp3) is 0.294. The first kappa shape index (κ1) is 17.8. The van der Waals surface area contributed by atoms with Crippen molar-refractivity contribution in [1.82, 2.24) is 9.29 Å². The predicted octanol–water partition coefficient (Wildman–Crippen LogP) is 2.77. The fourth-order valence-electron chi connectivity index (χ4n) is 2.81. The Bertz CT molecular complexity index is 841. The van der Waals surface area contributed by atoms with E-state index in [4.69, 9.17) is 11.6 Å². The molecule has 1 unspecified atom stereocenters. The van der Waals surface area contributed by atoms with Gasteiger partial charge in [0.15, 0.2) is 0 Å². The molecule has 0 aliphatic carbocycles. The molecule has 0 saturated carbocycles. The summed E-state index contributed by atoms with van der Waals surface area (Å²) in [6.07, 6.45) is 4.48. The first-order valence-corrected chi connectivity index (χ1v) is 9.75. The monoisotopic (exact) mass is 379 g/mol. The van der Waals surface area contributed by atoms with Gasteiger partial charge in [0.2, 0.25) is 15.9 Å². The number of pyridine rings is 1. The van der Waals surface area contributed by atoms with Crippen molar-refractivity contribution >= 4 is 33.2 Å². The van der Waals surface area contributed by atoms with Crippen LogP contribution in [-0.2, 0) is 14.8 Å². The number of hydrogen-bond donors (Lipinski definition) is 1. The van der Waals surface area contributed by atoms with E-state index < -0.39 is 10.0 Å². The lowest BCUT2D eigenvalue weighted by Gasteiger charge is -2.31. The average Bonchev–Trinajstić information content (AvgIpc) is 2.63. The molecule has 6 nitrogen and oxygen atoms in total. The van der Waals surface area contributed by atoms with Gasteiger partial charge in [0.1, 0.15) is 0 Å². The van der Waals surface area contributed by atoms with Gasteiger partial charge in [-0.05, 0) is 49.2 Å². The molecule has 1 aliphatic heterocycles. The van der Waals surface area contributed by atoms with Gasteiger partial charge in [-0.1, -0.05) is 11.6 Å². The first-order valence-electron chi connectivity index (χ1n) is 7.93. The third-order valence-electron chi connectivity index (χ3n) is 4.15. The predicted molar refractivity (Wildman–Crippen MR) is 95.8 cm³/mol. The van der Waals surface area contributed by atoms with E-state index in [-0.39, 0.29) is 23.3 Å². The summed E-state index contributed by atoms with van der Waals surface area (Å²) in [5.74, 6) is -0.564. The molecule has 3 rings (SSSR count). The highest BCUT2D eigenvalue weighted by atomic mass is 35.5. The number of amides is 1. The van der Waals surface area contributed by atoms with Gasteiger partial charge in [-0.25, -0.2) is 8.42 Å². The summed E-state index contributed by atoms with van der Waals surface area (Å²) in [5, 5.41) is 3.29. The van der Waals surface area contributed by atoms with Crippen molar-refractivity contribution in [2.75, 3.05) is 18.4 Å². The number of benzene rings is 1. The highest BCUT2D eigenvalue weighted by Crippen LogP contribution is 2.25. The highest BCUT2D eigenvalue weighted by molar-refractivity contribution is 7.89. The van der Waals surface area contributed by atoms with Crippen LogP contribution in [0.2, 0.25) is 5.02 Å². The van der Waals surface area contributed by atoms with E-state index >= 15 is 0 Å². The summed E-state index contributed by atoms with van der Waals surface area (Å²) in [6.45, 7) is 0.575. The van der Waals surface area contributed by atoms with Gasteiger partial charge in [-0.15, -0.1) is 0 Å². The van der Waals surface area contributed by atoms with Crippen LogP contribution in [-0.4, -0.2) is 36.7 Å². The summed E-state index contributed by atoms with van der Waals surface area (Å²) in [5.41, 5.74) is 0.651. The van der Waals surface area contributed by atoms with E-state index in [2.05, 4.69) is 10.3 Å². The van der Waals surface area contributed by atoms with E-state index in [0.29, 0.717) is 30.1 Å². The van der Waals surface area contributed by atoms with Crippen LogP contribution < -0.4 is 5.32 Å². The molecule has 25 heavy (non-hydrogen) atoms. The Balaban J connectivity index is 1.72. The molecular formula is C17H18ClN3O3S. The molecule has 1 amide bonds. The Labute approximate surface area is 151 Å². The van der Waals surface area contributed by atoms with Gasteiger partial charge in [0.05, 0.1) is 10.8 Å². The maximum atomic E-state index is 12.8. The lowest BCUT2D eigenvalue weighted by Crippen LogP contribution is -2.43. The van der Waals surface area contributed by atoms with Crippen LogP contribution in [0.3, 0.4) is 0 Å². The summed E-state index contributed by atoms with van der Waals surface area (Å²) in [7, 11) is -3.63. The van der Waals surface area contributed by atoms with Crippen molar-refractivity contribution in [3.63, 3.8) is 0 Å². The molecule has 1 aromatic heterocycles. The van der Waals surface area contributed by atoms with Gasteiger partial charge in [0, 0.05) is 36.2 Å². The van der Waals surface area contributed by atoms with Gasteiger partial charge in [-0.3, -0.25) is 9.78 Å². The minimum Gasteiger partial charge on any atom is -0.326 e. The largest absolute Gasteiger partial charge is 0.326 e. The third kappa shape index (κ3) is 4.18. The van der Waals surface area contributed by atoms with Crippen molar-refractivity contribution in [3.8, 4) is 0 Å². The Kier molecular flexibility index (Phi) is 5.36. The Morgan fingerprint density at radius 1 is 1.16 bits per heavy atom. The Hall–Kier alpha value is -1.96. The second-order valence-electron chi connectivity index (χ2n) is 5.88. The quantitative estimate of drug-likeness (QED) is 0.885. The standard InChI is InChI=1S/C17H18ClN3O3S/c18-14-3-5-16(6-4-14)25(23,24)21-11-1-2-13(12-21)17(22)20-15-7-9-19-10-8-15/h3-10,13H,1-2,11-12H2,(H,19,20,22). The lowest BCUT2D eigenvalue weighted by molar-refractivity contribution is -0.120. The third-order valence-corrected chi connectivity index (χ3v) is 6.29. The molecule has 8 heteroatoms. The molecule has 1 aliphatic rings. The number of sulfonamides is 1. The average molecular weight is 380 g/mol. The van der Waals surface area contributed by atoms with Crippen LogP contribution in [0.5, 0.6) is 0 Å². The maximum absolute atomic E-state index is 12.8. The minimum atomic E-state index is -3.63. The molecule has 1 aromatic carbocycles. The number of carbonyl (C=O) groups is 1. The van der Waals surface area contributed by atoms with Crippen LogP contribution in [0, 0.1) is 5.92 Å². The van der Waals surface area contributed by atoms with Gasteiger partial charge < -0.3 is 5.32 Å². The van der Waals surface area contributed by atoms with Crippen molar-refractivity contribution in [2.24, 2.45) is 5.92 Å². The van der Waals surface area contributed by atoms with E-state index in [1.54, 1.807) is 36.7 Å². The van der Waals surface area contributed by atoms with E-state index in [1.165, 1.54) is 16.4 Å². The van der Waals surface area contributed by atoms with Crippen molar-refractivity contribution in [3.05, 3.63) is 53.8 Å². The number of halogens is 1. The minimum absolute atomic E-state index is 0.169. The second-order valence-corrected chi connectivity index (χ2v) is 8.26. The molecule has 1 saturated heterocycles. The van der Waals surface area contributed by atoms with Crippen LogP contribution in [0.25, 0.3) is 0 Å². The van der Waals surface area contributed by atoms with E-state index in [0.717, 1.165) is 0 Å². The Morgan fingerprint density at radius 2 is 1.84 bits per heavy atom. The number of piperidine rings is 1. The summed E-state index contributed by atoms with van der Waals surface area (Å²) >= 11 is 5.82. The zero-order chi connectivity index (χ0) is 17.9. The molecule has 0 bridgehead atoms. The first-order chi connectivity index (χ1) is 12.0. The van der Waals surface area contributed by atoms with Crippen LogP contribution in [0.1, 0.15) is 12.8 Å². The topological polar surface area (TPSA) is 79.4 Å². The smallest absolute Gasteiger partial charge is 0.243 e. The number of carbonyl (C=O) groups excluding carboxylic acids is 1. The molecule has 1 atom stereocenters. The summed E-state index contributed by atoms with van der Waals surface area (Å²) in [6, 6.07) is 9.46. The van der Waals surface area contributed by atoms with Gasteiger partial charge >= 0.3 is 0 Å². The van der Waals surface area contributed by atoms with E-state index in [1.807, 2.05) is 0 Å². The number of nitrogens with one attached hydrogen (secondary N) is 1. The molecular weight excluding hydrogens is 362 g/mol. The second kappa shape index (κ2) is 7.51. The zero-order valence-corrected chi connectivity index (χ0v) is 15.0. The molecule has 132 valence electrons. The van der Waals surface area contributed by atoms with Gasteiger partial charge in [0.25, 0.3) is 0 Å². The summed E-state index contributed by atoms with van der Waals surface area (Å²) in [4.78, 5) is 16.5. The maximum Gasteiger partial charge on any atom is 0.243 e. The molecule has 0 spiro atoms. The highest BCUT2D eigenvalue weighted by Gasteiger charge is 2.33. The Morgan fingerprint density at radius 3 is 2.52 bits per heavy atom. The number of anilines is 1. The van der Waals surface area contributed by atoms with Gasteiger partial charge in [-0.2, -0.15) is 4.31 Å². The molecule has 2 heterocycles. The summed E-state index contributed by atoms with van der Waals surface area (Å²) < 4.78 is 26.9. The van der Waals surface area contributed by atoms with Crippen molar-refractivity contribution in [2.45, 2.75) is 17.7 Å². The molecule has 2 aromatic rings. The molecule has 1 N–H and O–H groups in total. The number of nitrogens with zero attached hydrogens (tertiary/aromatic N) is 2. The lowest BCUT2D eigenvalue weighted by atomic mass is 9.99. The van der Waals surface area contributed by atoms with Crippen molar-refractivity contribution in [1.29, 1.82) is 0 Å². The molecule has 1 fully saturated rings. The normalized spacial score (nSPS) is 18.7. The zero-order valence-electron chi connectivity index (χ0n) is 13.4. The van der Waals surface area contributed by atoms with Crippen LogP contribution >= 0.6 is 11.6 Å². The van der Waals surface area contributed by atoms with Crippen LogP contribution in [0.4, 0.5) is 5.69 Å². The van der Waals surface area contributed by atoms with Crippen molar-refractivity contribution < 1.29 is 13.2 Å². The number of hydrogen-bond acceptors (Lipinski definition) is 4. The van der Waals surface area contributed by atoms with E-state index in [9.17, 15) is 13.2 Å². The SMILES string of the molecule is O=C(Nc1ccncc1)C1CCCN(S(=O)(=O)c2ccc(Cl)cc2)C1. The molecule has 0 radical (unpaired) electrons. The number of aromatic nitrogens is 1. The fourth-order valence-corrected chi connectivity index (χ4v) is 4.46. The van der Waals surface area contributed by atoms with Crippen LogP contribution in [0.15, 0.2) is 53.7 Å².